The molecule has 1 unspecified atom stereocenters. The fraction of sp³-hybridized carbons (Fsp3) is 0.750. The van der Waals surface area contributed by atoms with Gasteiger partial charge in [0.05, 0.1) is 6.33 Å². The number of likely N-dealkylation sites (N-methyl/N-ethyl adjacent to an activating group) is 1. The predicted molar refractivity (Wildman–Crippen MR) is 73.3 cm³/mol. The summed E-state index contributed by atoms with van der Waals surface area (Å²) < 4.78 is 28.2. The molecule has 1 atom stereocenters. The summed E-state index contributed by atoms with van der Waals surface area (Å²) in [6, 6.07) is 0.0280. The molecule has 19 heavy (non-hydrogen) atoms. The molecule has 1 aromatic rings. The quantitative estimate of drug-likeness (QED) is 0.857. The molecule has 1 aliphatic rings. The SMILES string of the molecule is CC(C)Cn1cnc(S(=O)(=O)N(C)C2CCNC2)c1. The number of nitrogens with one attached hydrogen (secondary N) is 1. The molecule has 0 saturated carbocycles. The van der Waals surface area contributed by atoms with Crippen molar-refractivity contribution in [3.63, 3.8) is 0 Å². The van der Waals surface area contributed by atoms with E-state index in [2.05, 4.69) is 24.1 Å². The van der Waals surface area contributed by atoms with Gasteiger partial charge in [0.25, 0.3) is 10.0 Å². The molecular formula is C12H22N4O2S. The zero-order valence-electron chi connectivity index (χ0n) is 11.7. The van der Waals surface area contributed by atoms with Gasteiger partial charge in [-0.25, -0.2) is 13.4 Å². The highest BCUT2D eigenvalue weighted by Gasteiger charge is 2.31. The molecular weight excluding hydrogens is 264 g/mol. The van der Waals surface area contributed by atoms with Crippen LogP contribution in [0.1, 0.15) is 20.3 Å². The second kappa shape index (κ2) is 5.60. The number of aromatic nitrogens is 2. The van der Waals surface area contributed by atoms with Gasteiger partial charge in [0.1, 0.15) is 0 Å². The van der Waals surface area contributed by atoms with Crippen molar-refractivity contribution in [3.8, 4) is 0 Å². The minimum absolute atomic E-state index is 0.0280. The van der Waals surface area contributed by atoms with E-state index in [1.54, 1.807) is 19.6 Å². The van der Waals surface area contributed by atoms with Crippen molar-refractivity contribution in [2.24, 2.45) is 5.92 Å². The Bertz CT molecular complexity index is 518. The van der Waals surface area contributed by atoms with Crippen LogP contribution in [0, 0.1) is 5.92 Å². The third-order valence-electron chi connectivity index (χ3n) is 3.38. The van der Waals surface area contributed by atoms with Gasteiger partial charge >= 0.3 is 0 Å². The molecule has 6 nitrogen and oxygen atoms in total. The van der Waals surface area contributed by atoms with Crippen molar-refractivity contribution in [3.05, 3.63) is 12.5 Å². The van der Waals surface area contributed by atoms with E-state index in [1.165, 1.54) is 4.31 Å². The van der Waals surface area contributed by atoms with Crippen molar-refractivity contribution in [1.29, 1.82) is 0 Å². The molecule has 2 rings (SSSR count). The third kappa shape index (κ3) is 3.16. The Kier molecular flexibility index (Phi) is 4.27. The summed E-state index contributed by atoms with van der Waals surface area (Å²) in [5, 5.41) is 3.32. The van der Waals surface area contributed by atoms with Crippen LogP contribution in [0.4, 0.5) is 0 Å². The molecule has 7 heteroatoms. The Labute approximate surface area is 114 Å². The van der Waals surface area contributed by atoms with Gasteiger partial charge in [-0.2, -0.15) is 4.31 Å². The largest absolute Gasteiger partial charge is 0.336 e. The van der Waals surface area contributed by atoms with E-state index in [0.29, 0.717) is 12.5 Å². The van der Waals surface area contributed by atoms with E-state index in [-0.39, 0.29) is 11.1 Å². The van der Waals surface area contributed by atoms with Crippen molar-refractivity contribution < 1.29 is 8.42 Å². The summed E-state index contributed by atoms with van der Waals surface area (Å²) in [5.74, 6) is 0.460. The molecule has 2 heterocycles. The van der Waals surface area contributed by atoms with E-state index in [4.69, 9.17) is 0 Å². The van der Waals surface area contributed by atoms with Crippen LogP contribution in [0.5, 0.6) is 0 Å². The monoisotopic (exact) mass is 286 g/mol. The highest BCUT2D eigenvalue weighted by molar-refractivity contribution is 7.89. The second-order valence-electron chi connectivity index (χ2n) is 5.47. The zero-order chi connectivity index (χ0) is 14.0. The van der Waals surface area contributed by atoms with Gasteiger partial charge in [-0.1, -0.05) is 13.8 Å². The highest BCUT2D eigenvalue weighted by atomic mass is 32.2. The summed E-state index contributed by atoms with van der Waals surface area (Å²) in [6.45, 7) is 6.53. The first-order chi connectivity index (χ1) is 8.91. The Morgan fingerprint density at radius 1 is 1.58 bits per heavy atom. The third-order valence-corrected chi connectivity index (χ3v) is 5.17. The Morgan fingerprint density at radius 2 is 2.32 bits per heavy atom. The van der Waals surface area contributed by atoms with E-state index in [0.717, 1.165) is 19.5 Å². The maximum absolute atomic E-state index is 12.4. The van der Waals surface area contributed by atoms with Gasteiger partial charge in [0, 0.05) is 32.4 Å². The fourth-order valence-corrected chi connectivity index (χ4v) is 3.60. The van der Waals surface area contributed by atoms with Crippen molar-refractivity contribution in [1.82, 2.24) is 19.2 Å². The standard InChI is InChI=1S/C12H22N4O2S/c1-10(2)7-16-8-12(14-9-16)19(17,18)15(3)11-4-5-13-6-11/h8-11,13H,4-7H2,1-3H3. The molecule has 1 N–H and O–H groups in total. The van der Waals surface area contributed by atoms with Gasteiger partial charge in [0.15, 0.2) is 5.03 Å². The lowest BCUT2D eigenvalue weighted by Crippen LogP contribution is -2.38. The number of hydrogen-bond donors (Lipinski definition) is 1. The van der Waals surface area contributed by atoms with Gasteiger partial charge in [-0.3, -0.25) is 0 Å². The van der Waals surface area contributed by atoms with Gasteiger partial charge in [-0.15, -0.1) is 0 Å². The number of imidazole rings is 1. The fourth-order valence-electron chi connectivity index (χ4n) is 2.29. The Balaban J connectivity index is 2.16. The maximum atomic E-state index is 12.4. The molecule has 0 radical (unpaired) electrons. The lowest BCUT2D eigenvalue weighted by atomic mass is 10.2. The number of hydrogen-bond acceptors (Lipinski definition) is 4. The Morgan fingerprint density at radius 3 is 2.89 bits per heavy atom. The van der Waals surface area contributed by atoms with Crippen LogP contribution in [-0.4, -0.2) is 48.5 Å². The molecule has 0 aliphatic carbocycles. The van der Waals surface area contributed by atoms with Crippen molar-refractivity contribution in [2.45, 2.75) is 37.9 Å². The first-order valence-corrected chi connectivity index (χ1v) is 8.06. The topological polar surface area (TPSA) is 67.2 Å². The molecule has 0 amide bonds. The molecule has 0 spiro atoms. The summed E-state index contributed by atoms with van der Waals surface area (Å²) in [5.41, 5.74) is 0. The van der Waals surface area contributed by atoms with Gasteiger partial charge in [0.2, 0.25) is 0 Å². The van der Waals surface area contributed by atoms with E-state index < -0.39 is 10.0 Å². The van der Waals surface area contributed by atoms with Crippen LogP contribution >= 0.6 is 0 Å². The highest BCUT2D eigenvalue weighted by Crippen LogP contribution is 2.18. The molecule has 1 saturated heterocycles. The van der Waals surface area contributed by atoms with Crippen LogP contribution in [0.2, 0.25) is 0 Å². The first kappa shape index (κ1) is 14.5. The summed E-state index contributed by atoms with van der Waals surface area (Å²) in [6.07, 6.45) is 4.06. The first-order valence-electron chi connectivity index (χ1n) is 6.62. The Hall–Kier alpha value is -0.920. The zero-order valence-corrected chi connectivity index (χ0v) is 12.5. The minimum Gasteiger partial charge on any atom is -0.336 e. The molecule has 0 bridgehead atoms. The van der Waals surface area contributed by atoms with E-state index >= 15 is 0 Å². The van der Waals surface area contributed by atoms with Crippen molar-refractivity contribution in [2.75, 3.05) is 20.1 Å². The normalized spacial score (nSPS) is 20.6. The van der Waals surface area contributed by atoms with Crippen LogP contribution < -0.4 is 5.32 Å². The van der Waals surface area contributed by atoms with Gasteiger partial charge < -0.3 is 9.88 Å². The molecule has 108 valence electrons. The summed E-state index contributed by atoms with van der Waals surface area (Å²) in [4.78, 5) is 4.05. The van der Waals surface area contributed by atoms with Crippen LogP contribution in [0.15, 0.2) is 17.6 Å². The number of sulfonamides is 1. The van der Waals surface area contributed by atoms with Crippen LogP contribution in [0.3, 0.4) is 0 Å². The second-order valence-corrected chi connectivity index (χ2v) is 7.41. The lowest BCUT2D eigenvalue weighted by Gasteiger charge is -2.21. The number of rotatable bonds is 5. The van der Waals surface area contributed by atoms with Gasteiger partial charge in [-0.05, 0) is 18.9 Å². The summed E-state index contributed by atoms with van der Waals surface area (Å²) >= 11 is 0. The molecule has 1 aliphatic heterocycles. The van der Waals surface area contributed by atoms with Crippen LogP contribution in [0.25, 0.3) is 0 Å². The molecule has 1 fully saturated rings. The predicted octanol–water partition coefficient (Wildman–Crippen LogP) is 0.521. The molecule has 1 aromatic heterocycles. The van der Waals surface area contributed by atoms with Crippen LogP contribution in [-0.2, 0) is 16.6 Å². The summed E-state index contributed by atoms with van der Waals surface area (Å²) in [7, 11) is -1.84. The molecule has 0 aromatic carbocycles. The maximum Gasteiger partial charge on any atom is 0.262 e. The minimum atomic E-state index is -3.48. The average Bonchev–Trinajstić information content (AvgIpc) is 2.96. The van der Waals surface area contributed by atoms with E-state index in [1.807, 2.05) is 4.57 Å². The van der Waals surface area contributed by atoms with E-state index in [9.17, 15) is 8.42 Å². The van der Waals surface area contributed by atoms with Crippen molar-refractivity contribution >= 4 is 10.0 Å². The number of nitrogens with zero attached hydrogens (tertiary/aromatic N) is 3. The average molecular weight is 286 g/mol. The lowest BCUT2D eigenvalue weighted by molar-refractivity contribution is 0.386. The smallest absolute Gasteiger partial charge is 0.262 e.